The van der Waals surface area contributed by atoms with Crippen LogP contribution in [0, 0.1) is 0 Å². The van der Waals surface area contributed by atoms with Crippen molar-refractivity contribution in [1.82, 2.24) is 0 Å². The first-order valence-electron chi connectivity index (χ1n) is 14.5. The topological polar surface area (TPSA) is 164 Å². The number of hydrogen-bond donors (Lipinski definition) is 2. The van der Waals surface area contributed by atoms with Crippen molar-refractivity contribution in [2.45, 2.75) is 6.92 Å². The quantitative estimate of drug-likeness (QED) is 0.240. The van der Waals surface area contributed by atoms with Gasteiger partial charge in [-0.05, 0) is 66.6 Å². The summed E-state index contributed by atoms with van der Waals surface area (Å²) in [4.78, 5) is 45.8. The summed E-state index contributed by atoms with van der Waals surface area (Å²) >= 11 is 0. The van der Waals surface area contributed by atoms with E-state index in [1.54, 1.807) is 61.5 Å². The maximum absolute atomic E-state index is 12.1. The number of benzene rings is 4. The Balaban J connectivity index is 0.000000186. The van der Waals surface area contributed by atoms with Crippen molar-refractivity contribution in [3.05, 3.63) is 95.1 Å². The molecule has 0 spiro atoms. The molecule has 242 valence electrons. The van der Waals surface area contributed by atoms with Crippen LogP contribution < -0.4 is 18.9 Å². The molecule has 12 nitrogen and oxygen atoms in total. The number of carbonyl (C=O) groups excluding carboxylic acids is 2. The molecule has 0 fully saturated rings. The first-order chi connectivity index (χ1) is 22.7. The summed E-state index contributed by atoms with van der Waals surface area (Å²) in [6, 6.07) is 19.7. The average Bonchev–Trinajstić information content (AvgIpc) is 3.10. The molecule has 4 aromatic carbocycles. The molecule has 2 aliphatic rings. The lowest BCUT2D eigenvalue weighted by Gasteiger charge is -2.23. The SMILES string of the molecule is CCOC(=O)c1ccc(-c2ccc(C(=O)OC)cc2)c2c1OCCO2.O=C(O)c1ccc(-c2ccc(C(=O)O)c3c2OCCO3)cc1. The molecule has 0 amide bonds. The Labute approximate surface area is 269 Å². The van der Waals surface area contributed by atoms with Crippen molar-refractivity contribution in [2.75, 3.05) is 40.1 Å². The molecule has 4 aromatic rings. The third kappa shape index (κ3) is 6.96. The van der Waals surface area contributed by atoms with Gasteiger partial charge in [0.15, 0.2) is 23.0 Å². The van der Waals surface area contributed by atoms with Crippen molar-refractivity contribution in [3.8, 4) is 45.3 Å². The van der Waals surface area contributed by atoms with Crippen LogP contribution in [0.5, 0.6) is 23.0 Å². The van der Waals surface area contributed by atoms with Crippen molar-refractivity contribution in [2.24, 2.45) is 0 Å². The summed E-state index contributed by atoms with van der Waals surface area (Å²) in [5.74, 6) is -1.47. The zero-order valence-electron chi connectivity index (χ0n) is 25.4. The second-order valence-corrected chi connectivity index (χ2v) is 10.0. The van der Waals surface area contributed by atoms with Gasteiger partial charge in [0.1, 0.15) is 37.6 Å². The first kappa shape index (κ1) is 32.4. The number of methoxy groups -OCH3 is 1. The Morgan fingerprint density at radius 2 is 1.02 bits per heavy atom. The molecule has 0 aromatic heterocycles. The number of fused-ring (bicyclic) bond motifs is 2. The molecule has 2 heterocycles. The fourth-order valence-electron chi connectivity index (χ4n) is 4.96. The van der Waals surface area contributed by atoms with E-state index in [1.165, 1.54) is 25.3 Å². The van der Waals surface area contributed by atoms with E-state index < -0.39 is 23.9 Å². The smallest absolute Gasteiger partial charge is 0.342 e. The monoisotopic (exact) mass is 642 g/mol. The highest BCUT2D eigenvalue weighted by Crippen LogP contribution is 2.44. The molecule has 12 heteroatoms. The van der Waals surface area contributed by atoms with Gasteiger partial charge in [-0.1, -0.05) is 24.3 Å². The third-order valence-electron chi connectivity index (χ3n) is 7.16. The van der Waals surface area contributed by atoms with Gasteiger partial charge in [-0.2, -0.15) is 0 Å². The van der Waals surface area contributed by atoms with E-state index in [1.807, 2.05) is 0 Å². The highest BCUT2D eigenvalue weighted by molar-refractivity contribution is 5.97. The lowest BCUT2D eigenvalue weighted by atomic mass is 10.00. The van der Waals surface area contributed by atoms with Gasteiger partial charge >= 0.3 is 23.9 Å². The predicted octanol–water partition coefficient (Wildman–Crippen LogP) is 5.61. The summed E-state index contributed by atoms with van der Waals surface area (Å²) in [6.07, 6.45) is 0. The van der Waals surface area contributed by atoms with Crippen LogP contribution in [0.2, 0.25) is 0 Å². The Morgan fingerprint density at radius 1 is 0.574 bits per heavy atom. The zero-order chi connectivity index (χ0) is 33.5. The number of carboxylic acids is 2. The van der Waals surface area contributed by atoms with Crippen LogP contribution in [-0.2, 0) is 9.47 Å². The van der Waals surface area contributed by atoms with Crippen LogP contribution >= 0.6 is 0 Å². The number of carboxylic acid groups (broad SMARTS) is 2. The summed E-state index contributed by atoms with van der Waals surface area (Å²) in [5, 5.41) is 18.1. The average molecular weight is 643 g/mol. The van der Waals surface area contributed by atoms with Gasteiger partial charge in [-0.3, -0.25) is 0 Å². The van der Waals surface area contributed by atoms with Crippen LogP contribution in [0.15, 0.2) is 72.8 Å². The molecule has 6 rings (SSSR count). The van der Waals surface area contributed by atoms with Gasteiger partial charge in [0.2, 0.25) is 0 Å². The van der Waals surface area contributed by atoms with Crippen LogP contribution in [0.3, 0.4) is 0 Å². The van der Waals surface area contributed by atoms with Crippen LogP contribution in [0.25, 0.3) is 22.3 Å². The molecule has 0 atom stereocenters. The van der Waals surface area contributed by atoms with Crippen molar-refractivity contribution >= 4 is 23.9 Å². The normalized spacial score (nSPS) is 12.6. The fourth-order valence-corrected chi connectivity index (χ4v) is 4.96. The van der Waals surface area contributed by atoms with Crippen LogP contribution in [0.1, 0.15) is 48.4 Å². The molecule has 0 bridgehead atoms. The van der Waals surface area contributed by atoms with E-state index in [0.717, 1.165) is 16.7 Å². The van der Waals surface area contributed by atoms with Gasteiger partial charge in [-0.25, -0.2) is 19.2 Å². The van der Waals surface area contributed by atoms with Gasteiger partial charge in [0.05, 0.1) is 24.8 Å². The summed E-state index contributed by atoms with van der Waals surface area (Å²) in [5.41, 5.74) is 4.02. The first-order valence-corrected chi connectivity index (χ1v) is 14.5. The molecule has 0 unspecified atom stereocenters. The lowest BCUT2D eigenvalue weighted by Crippen LogP contribution is -2.19. The number of ether oxygens (including phenoxy) is 6. The fraction of sp³-hybridized carbons (Fsp3) is 0.200. The van der Waals surface area contributed by atoms with E-state index in [-0.39, 0.29) is 30.1 Å². The molecule has 2 N–H and O–H groups in total. The molecule has 47 heavy (non-hydrogen) atoms. The minimum absolute atomic E-state index is 0.0422. The summed E-state index contributed by atoms with van der Waals surface area (Å²) in [6.45, 7) is 3.41. The lowest BCUT2D eigenvalue weighted by molar-refractivity contribution is 0.0514. The molecule has 2 aliphatic heterocycles. The van der Waals surface area contributed by atoms with Gasteiger partial charge in [0, 0.05) is 11.1 Å². The second-order valence-electron chi connectivity index (χ2n) is 10.0. The highest BCUT2D eigenvalue weighted by atomic mass is 16.6. The van der Waals surface area contributed by atoms with E-state index in [4.69, 9.17) is 33.5 Å². The standard InChI is InChI=1S/C19H18O6.C16H12O6/c1-3-23-19(21)15-9-8-14(16-17(15)25-11-10-24-16)12-4-6-13(7-5-12)18(20)22-2;17-15(18)10-3-1-9(2-4-10)11-5-6-12(16(19)20)14-13(11)21-7-8-22-14/h4-9H,3,10-11H2,1-2H3;1-6H,7-8H2,(H,17,18)(H,19,20). The maximum atomic E-state index is 12.1. The van der Waals surface area contributed by atoms with Gasteiger partial charge in [0.25, 0.3) is 0 Å². The minimum atomic E-state index is -1.09. The minimum Gasteiger partial charge on any atom is -0.485 e. The molecule has 0 radical (unpaired) electrons. The van der Waals surface area contributed by atoms with Crippen molar-refractivity contribution in [3.63, 3.8) is 0 Å². The Morgan fingerprint density at radius 3 is 1.47 bits per heavy atom. The van der Waals surface area contributed by atoms with Gasteiger partial charge < -0.3 is 38.6 Å². The van der Waals surface area contributed by atoms with E-state index in [0.29, 0.717) is 53.8 Å². The number of esters is 2. The molecule has 0 aliphatic carbocycles. The number of hydrogen-bond acceptors (Lipinski definition) is 10. The van der Waals surface area contributed by atoms with Crippen molar-refractivity contribution in [1.29, 1.82) is 0 Å². The predicted molar refractivity (Wildman–Crippen MR) is 167 cm³/mol. The zero-order valence-corrected chi connectivity index (χ0v) is 25.4. The van der Waals surface area contributed by atoms with E-state index >= 15 is 0 Å². The van der Waals surface area contributed by atoms with Crippen molar-refractivity contribution < 1.29 is 57.8 Å². The largest absolute Gasteiger partial charge is 0.485 e. The number of aromatic carboxylic acids is 2. The van der Waals surface area contributed by atoms with E-state index in [2.05, 4.69) is 0 Å². The number of rotatable bonds is 7. The molecule has 0 saturated carbocycles. The van der Waals surface area contributed by atoms with E-state index in [9.17, 15) is 24.3 Å². The van der Waals surface area contributed by atoms with Gasteiger partial charge in [-0.15, -0.1) is 0 Å². The van der Waals surface area contributed by atoms with Crippen LogP contribution in [0.4, 0.5) is 0 Å². The molecule has 0 saturated heterocycles. The van der Waals surface area contributed by atoms with Crippen LogP contribution in [-0.4, -0.2) is 74.2 Å². The number of carbonyl (C=O) groups is 4. The highest BCUT2D eigenvalue weighted by Gasteiger charge is 2.26. The Hall–Kier alpha value is -6.04. The molecular weight excluding hydrogens is 612 g/mol. The third-order valence-corrected chi connectivity index (χ3v) is 7.16. The second kappa shape index (κ2) is 14.4. The maximum Gasteiger partial charge on any atom is 0.342 e. The summed E-state index contributed by atoms with van der Waals surface area (Å²) in [7, 11) is 1.34. The Bertz CT molecular complexity index is 1810. The Kier molecular flexibility index (Phi) is 9.90. The molecular formula is C35H30O12. The summed E-state index contributed by atoms with van der Waals surface area (Å²) < 4.78 is 32.2.